The maximum Gasteiger partial charge on any atom is 0.206 e. The van der Waals surface area contributed by atoms with Crippen molar-refractivity contribution in [1.82, 2.24) is 13.4 Å². The molecule has 0 saturated heterocycles. The smallest absolute Gasteiger partial charge is 0.206 e. The van der Waals surface area contributed by atoms with Crippen molar-refractivity contribution in [2.75, 3.05) is 28.2 Å². The molecule has 3 nitrogen and oxygen atoms in total. The standard InChI is InChI=1S/C19H47N3Si2/c1-15(2)22(23(16(3)4,17(5)6)20(11)12)24(18(7)8,19(9)10)21(13)14/h15-19H,1-14H3. The van der Waals surface area contributed by atoms with Crippen LogP contribution in [0.1, 0.15) is 69.2 Å². The molecule has 0 amide bonds. The Morgan fingerprint density at radius 2 is 0.667 bits per heavy atom. The summed E-state index contributed by atoms with van der Waals surface area (Å²) in [7, 11) is 5.66. The first-order chi connectivity index (χ1) is 10.7. The minimum atomic E-state index is -1.86. The molecule has 0 N–H and O–H groups in total. The van der Waals surface area contributed by atoms with Gasteiger partial charge in [-0.05, 0) is 56.4 Å². The molecular weight excluding hydrogens is 326 g/mol. The van der Waals surface area contributed by atoms with E-state index in [1.165, 1.54) is 0 Å². The molecule has 0 aromatic carbocycles. The molecule has 146 valence electrons. The predicted molar refractivity (Wildman–Crippen MR) is 116 cm³/mol. The number of hydrogen-bond acceptors (Lipinski definition) is 3. The highest BCUT2D eigenvalue weighted by Crippen LogP contribution is 2.47. The minimum Gasteiger partial charge on any atom is -0.318 e. The molecule has 0 aliphatic carbocycles. The average molecular weight is 374 g/mol. The van der Waals surface area contributed by atoms with Gasteiger partial charge in [-0.3, -0.25) is 0 Å². The zero-order chi connectivity index (χ0) is 19.6. The highest BCUT2D eigenvalue weighted by atomic mass is 28.4. The molecule has 0 heterocycles. The van der Waals surface area contributed by atoms with E-state index in [4.69, 9.17) is 0 Å². The molecular formula is C19H47N3Si2. The van der Waals surface area contributed by atoms with E-state index in [0.29, 0.717) is 28.2 Å². The van der Waals surface area contributed by atoms with E-state index < -0.39 is 16.8 Å². The summed E-state index contributed by atoms with van der Waals surface area (Å²) < 4.78 is 8.42. The van der Waals surface area contributed by atoms with Gasteiger partial charge >= 0.3 is 0 Å². The second-order valence-electron chi connectivity index (χ2n) is 9.44. The Morgan fingerprint density at radius 1 is 0.458 bits per heavy atom. The molecule has 0 aromatic rings. The maximum atomic E-state index is 3.12. The van der Waals surface area contributed by atoms with Crippen LogP contribution in [0.3, 0.4) is 0 Å². The van der Waals surface area contributed by atoms with E-state index >= 15 is 0 Å². The lowest BCUT2D eigenvalue weighted by molar-refractivity contribution is 0.348. The van der Waals surface area contributed by atoms with Gasteiger partial charge in [0.15, 0.2) is 0 Å². The first-order valence-electron chi connectivity index (χ1n) is 9.87. The van der Waals surface area contributed by atoms with E-state index in [0.717, 1.165) is 0 Å². The third kappa shape index (κ3) is 3.70. The molecule has 0 saturated carbocycles. The Balaban J connectivity index is 6.93. The molecule has 0 aliphatic heterocycles. The summed E-state index contributed by atoms with van der Waals surface area (Å²) in [4.78, 5) is 0. The Kier molecular flexibility index (Phi) is 8.92. The Morgan fingerprint density at radius 3 is 0.750 bits per heavy atom. The van der Waals surface area contributed by atoms with E-state index in [9.17, 15) is 0 Å². The van der Waals surface area contributed by atoms with Crippen molar-refractivity contribution in [3.05, 3.63) is 0 Å². The van der Waals surface area contributed by atoms with E-state index in [2.05, 4.69) is 111 Å². The second kappa shape index (κ2) is 8.80. The van der Waals surface area contributed by atoms with E-state index in [1.807, 2.05) is 0 Å². The predicted octanol–water partition coefficient (Wildman–Crippen LogP) is 5.34. The first kappa shape index (κ1) is 24.3. The van der Waals surface area contributed by atoms with Crippen LogP contribution in [0.15, 0.2) is 0 Å². The van der Waals surface area contributed by atoms with Gasteiger partial charge in [-0.15, -0.1) is 0 Å². The van der Waals surface area contributed by atoms with Crippen LogP contribution in [0.4, 0.5) is 0 Å². The van der Waals surface area contributed by atoms with Crippen molar-refractivity contribution < 1.29 is 0 Å². The van der Waals surface area contributed by atoms with Crippen LogP contribution in [-0.2, 0) is 0 Å². The van der Waals surface area contributed by atoms with Gasteiger partial charge in [-0.25, -0.2) is 0 Å². The van der Waals surface area contributed by atoms with Gasteiger partial charge in [0, 0.05) is 0 Å². The quantitative estimate of drug-likeness (QED) is 0.505. The minimum absolute atomic E-state index is 0.572. The fourth-order valence-electron chi connectivity index (χ4n) is 6.06. The maximum absolute atomic E-state index is 3.12. The summed E-state index contributed by atoms with van der Waals surface area (Å²) in [5, 5.41) is 0. The molecule has 0 atom stereocenters. The molecule has 0 aliphatic rings. The third-order valence-corrected chi connectivity index (χ3v) is 20.5. The summed E-state index contributed by atoms with van der Waals surface area (Å²) in [5.41, 5.74) is 2.77. The third-order valence-electron chi connectivity index (χ3n) is 6.12. The topological polar surface area (TPSA) is 9.72 Å². The lowest BCUT2D eigenvalue weighted by Crippen LogP contribution is -2.81. The Labute approximate surface area is 156 Å². The summed E-state index contributed by atoms with van der Waals surface area (Å²) in [6, 6.07) is 0.572. The van der Waals surface area contributed by atoms with Crippen LogP contribution in [0, 0.1) is 0 Å². The molecule has 0 aromatic heterocycles. The zero-order valence-electron chi connectivity index (χ0n) is 19.2. The van der Waals surface area contributed by atoms with Crippen LogP contribution in [0.5, 0.6) is 0 Å². The van der Waals surface area contributed by atoms with Crippen LogP contribution in [0.2, 0.25) is 22.2 Å². The van der Waals surface area contributed by atoms with Crippen molar-refractivity contribution in [3.8, 4) is 0 Å². The van der Waals surface area contributed by atoms with Gasteiger partial charge in [0.1, 0.15) is 0 Å². The fraction of sp³-hybridized carbons (Fsp3) is 1.00. The van der Waals surface area contributed by atoms with Gasteiger partial charge in [0.25, 0.3) is 0 Å². The molecule has 5 heteroatoms. The van der Waals surface area contributed by atoms with Crippen molar-refractivity contribution in [1.29, 1.82) is 0 Å². The van der Waals surface area contributed by atoms with E-state index in [-0.39, 0.29) is 0 Å². The van der Waals surface area contributed by atoms with Gasteiger partial charge in [0.2, 0.25) is 16.8 Å². The van der Waals surface area contributed by atoms with E-state index in [1.54, 1.807) is 0 Å². The molecule has 0 spiro atoms. The SMILES string of the molecule is CC(C)N([Si](C(C)C)(C(C)C)N(C)C)[Si](C(C)C)(C(C)C)N(C)C. The molecule has 0 unspecified atom stereocenters. The van der Waals surface area contributed by atoms with Crippen LogP contribution < -0.4 is 0 Å². The lowest BCUT2D eigenvalue weighted by atomic mass is 10.4. The largest absolute Gasteiger partial charge is 0.318 e. The average Bonchev–Trinajstić information content (AvgIpc) is 2.35. The van der Waals surface area contributed by atoms with Gasteiger partial charge in [-0.1, -0.05) is 69.2 Å². The number of rotatable bonds is 9. The number of hydrogen-bond donors (Lipinski definition) is 0. The van der Waals surface area contributed by atoms with Gasteiger partial charge in [0.05, 0.1) is 0 Å². The Bertz CT molecular complexity index is 301. The highest BCUT2D eigenvalue weighted by Gasteiger charge is 2.60. The zero-order valence-corrected chi connectivity index (χ0v) is 21.2. The normalized spacial score (nSPS) is 14.8. The Hall–Kier alpha value is 0.314. The molecule has 0 bridgehead atoms. The summed E-state index contributed by atoms with van der Waals surface area (Å²) in [5.74, 6) is 0. The first-order valence-corrected chi connectivity index (χ1v) is 14.0. The van der Waals surface area contributed by atoms with Crippen LogP contribution >= 0.6 is 0 Å². The molecule has 0 fully saturated rings. The lowest BCUT2D eigenvalue weighted by Gasteiger charge is -2.64. The second-order valence-corrected chi connectivity index (χ2v) is 20.4. The summed E-state index contributed by atoms with van der Waals surface area (Å²) in [6.07, 6.45) is 0. The molecule has 0 radical (unpaired) electrons. The fourth-order valence-corrected chi connectivity index (χ4v) is 24.2. The highest BCUT2D eigenvalue weighted by molar-refractivity contribution is 6.92. The van der Waals surface area contributed by atoms with Crippen LogP contribution in [0.25, 0.3) is 0 Å². The van der Waals surface area contributed by atoms with Crippen molar-refractivity contribution >= 4 is 16.8 Å². The van der Waals surface area contributed by atoms with Crippen molar-refractivity contribution in [3.63, 3.8) is 0 Å². The molecule has 24 heavy (non-hydrogen) atoms. The summed E-state index contributed by atoms with van der Waals surface area (Å²) >= 11 is 0. The molecule has 0 rings (SSSR count). The van der Waals surface area contributed by atoms with Crippen LogP contribution in [-0.4, -0.2) is 64.4 Å². The van der Waals surface area contributed by atoms with Gasteiger partial charge in [-0.2, -0.15) is 0 Å². The van der Waals surface area contributed by atoms with Crippen molar-refractivity contribution in [2.24, 2.45) is 0 Å². The van der Waals surface area contributed by atoms with Gasteiger partial charge < -0.3 is 13.4 Å². The number of nitrogens with zero attached hydrogens (tertiary/aromatic N) is 3. The monoisotopic (exact) mass is 373 g/mol. The van der Waals surface area contributed by atoms with Crippen molar-refractivity contribution in [2.45, 2.75) is 97.4 Å². The summed E-state index contributed by atoms with van der Waals surface area (Å²) in [6.45, 7) is 24.6.